The average Bonchev–Trinajstić information content (AvgIpc) is 1.88. The van der Waals surface area contributed by atoms with Crippen molar-refractivity contribution in [3.63, 3.8) is 0 Å². The van der Waals surface area contributed by atoms with Gasteiger partial charge in [0.05, 0.1) is 0 Å². The second kappa shape index (κ2) is 3.73. The summed E-state index contributed by atoms with van der Waals surface area (Å²) >= 11 is 0. The van der Waals surface area contributed by atoms with Gasteiger partial charge in [-0.3, -0.25) is 0 Å². The van der Waals surface area contributed by atoms with Crippen LogP contribution in [0.15, 0.2) is 23.7 Å². The van der Waals surface area contributed by atoms with Crippen molar-refractivity contribution < 1.29 is 0 Å². The van der Waals surface area contributed by atoms with Gasteiger partial charge in [-0.2, -0.15) is 0 Å². The van der Waals surface area contributed by atoms with E-state index in [1.165, 1.54) is 20.2 Å². The second-order valence-electron chi connectivity index (χ2n) is 2.95. The molecule has 0 amide bonds. The van der Waals surface area contributed by atoms with Crippen LogP contribution in [0.3, 0.4) is 0 Å². The van der Waals surface area contributed by atoms with E-state index in [1.807, 2.05) is 0 Å². The summed E-state index contributed by atoms with van der Waals surface area (Å²) in [6, 6.07) is 4.45. The number of rotatable bonds is 2. The summed E-state index contributed by atoms with van der Waals surface area (Å²) < 4.78 is 0. The quantitative estimate of drug-likeness (QED) is 0.608. The molecule has 0 aromatic carbocycles. The van der Waals surface area contributed by atoms with Crippen LogP contribution in [0, 0.1) is 5.92 Å². The lowest BCUT2D eigenvalue weighted by Gasteiger charge is -2.02. The van der Waals surface area contributed by atoms with Gasteiger partial charge in [0.2, 0.25) is 0 Å². The van der Waals surface area contributed by atoms with Crippen molar-refractivity contribution >= 4 is 8.19 Å². The smallest absolute Gasteiger partial charge is 0.0255 e. The van der Waals surface area contributed by atoms with Gasteiger partial charge in [-0.1, -0.05) is 34.2 Å². The highest BCUT2D eigenvalue weighted by Crippen LogP contribution is 2.10. The minimum atomic E-state index is 0.777. The van der Waals surface area contributed by atoms with Crippen LogP contribution in [-0.2, 0) is 6.42 Å². The number of hydrogen-bond donors (Lipinski definition) is 0. The fraction of sp³-hybridized carbons (Fsp3) is 0.444. The zero-order valence-corrected chi connectivity index (χ0v) is 7.44. The highest BCUT2D eigenvalue weighted by molar-refractivity contribution is 7.28. The molecule has 0 fully saturated rings. The van der Waals surface area contributed by atoms with Gasteiger partial charge in [-0.15, -0.1) is 0 Å². The molecule has 54 valence electrons. The molecular formula is C9H13P. The van der Waals surface area contributed by atoms with Gasteiger partial charge in [0, 0.05) is 0 Å². The normalized spacial score (nSPS) is 10.3. The summed E-state index contributed by atoms with van der Waals surface area (Å²) in [5, 5.41) is 0. The second-order valence-corrected chi connectivity index (χ2v) is 3.85. The molecule has 0 unspecified atom stereocenters. The van der Waals surface area contributed by atoms with Gasteiger partial charge >= 0.3 is 0 Å². The molecule has 1 rings (SSSR count). The summed E-state index contributed by atoms with van der Waals surface area (Å²) in [6.07, 6.45) is 1.21. The summed E-state index contributed by atoms with van der Waals surface area (Å²) in [5.74, 6) is 5.16. The molecular weight excluding hydrogens is 139 g/mol. The molecule has 0 saturated carbocycles. The van der Waals surface area contributed by atoms with Gasteiger partial charge in [0.15, 0.2) is 0 Å². The molecule has 0 aliphatic heterocycles. The first-order valence-corrected chi connectivity index (χ1v) is 4.71. The topological polar surface area (TPSA) is 0 Å². The van der Waals surface area contributed by atoms with E-state index in [-0.39, 0.29) is 0 Å². The standard InChI is InChI=1S/C9H13P/c1-8(2)7-9-3-5-10-6-4-9/h3-6,8H,7H2,1-2H3. The molecule has 0 nitrogen and oxygen atoms in total. The fourth-order valence-electron chi connectivity index (χ4n) is 0.990. The van der Waals surface area contributed by atoms with Crippen LogP contribution in [-0.4, -0.2) is 0 Å². The van der Waals surface area contributed by atoms with Crippen LogP contribution in [0.1, 0.15) is 19.4 Å². The van der Waals surface area contributed by atoms with E-state index in [1.54, 1.807) is 0 Å². The Balaban J connectivity index is 2.59. The Labute approximate surface area is 64.4 Å². The van der Waals surface area contributed by atoms with E-state index < -0.39 is 0 Å². The molecule has 1 heterocycles. The SMILES string of the molecule is CC(C)Cc1ccpcc1. The lowest BCUT2D eigenvalue weighted by atomic mass is 10.1. The third kappa shape index (κ3) is 2.49. The first-order valence-electron chi connectivity index (χ1n) is 3.68. The highest BCUT2D eigenvalue weighted by atomic mass is 31.0. The molecule has 1 aromatic rings. The third-order valence-corrected chi connectivity index (χ3v) is 2.04. The minimum absolute atomic E-state index is 0.777. The van der Waals surface area contributed by atoms with E-state index in [0.717, 1.165) is 5.92 Å². The molecule has 0 radical (unpaired) electrons. The van der Waals surface area contributed by atoms with Crippen LogP contribution in [0.5, 0.6) is 0 Å². The van der Waals surface area contributed by atoms with E-state index in [4.69, 9.17) is 0 Å². The van der Waals surface area contributed by atoms with Crippen LogP contribution in [0.25, 0.3) is 0 Å². The van der Waals surface area contributed by atoms with Crippen molar-refractivity contribution in [1.29, 1.82) is 0 Å². The van der Waals surface area contributed by atoms with Gasteiger partial charge in [0.1, 0.15) is 0 Å². The Morgan fingerprint density at radius 3 is 2.40 bits per heavy atom. The minimum Gasteiger partial charge on any atom is -0.0765 e. The fourth-order valence-corrected chi connectivity index (χ4v) is 1.64. The molecule has 1 aromatic heterocycles. The zero-order valence-electron chi connectivity index (χ0n) is 6.54. The first-order chi connectivity index (χ1) is 4.79. The van der Waals surface area contributed by atoms with E-state index in [0.29, 0.717) is 0 Å². The van der Waals surface area contributed by atoms with Crippen molar-refractivity contribution in [2.45, 2.75) is 20.3 Å². The monoisotopic (exact) mass is 152 g/mol. The molecule has 1 heteroatoms. The summed E-state index contributed by atoms with van der Waals surface area (Å²) in [7, 11) is 1.32. The molecule has 0 bridgehead atoms. The van der Waals surface area contributed by atoms with E-state index >= 15 is 0 Å². The maximum absolute atomic E-state index is 2.25. The lowest BCUT2D eigenvalue weighted by Crippen LogP contribution is -1.91. The molecule has 10 heavy (non-hydrogen) atoms. The molecule has 0 aliphatic carbocycles. The van der Waals surface area contributed by atoms with Crippen molar-refractivity contribution in [2.75, 3.05) is 0 Å². The molecule has 0 aliphatic rings. The summed E-state index contributed by atoms with van der Waals surface area (Å²) in [5.41, 5.74) is 1.47. The van der Waals surface area contributed by atoms with Crippen molar-refractivity contribution in [1.82, 2.24) is 0 Å². The van der Waals surface area contributed by atoms with Gasteiger partial charge in [0.25, 0.3) is 0 Å². The molecule has 0 saturated heterocycles. The largest absolute Gasteiger partial charge is 0.0765 e. The average molecular weight is 152 g/mol. The zero-order chi connectivity index (χ0) is 7.40. The van der Waals surface area contributed by atoms with Gasteiger partial charge in [-0.05, 0) is 29.5 Å². The Morgan fingerprint density at radius 1 is 1.30 bits per heavy atom. The third-order valence-electron chi connectivity index (χ3n) is 1.39. The highest BCUT2D eigenvalue weighted by Gasteiger charge is 1.94. The molecule has 0 spiro atoms. The Bertz CT molecular complexity index is 179. The predicted molar refractivity (Wildman–Crippen MR) is 47.5 cm³/mol. The van der Waals surface area contributed by atoms with Crippen molar-refractivity contribution in [2.24, 2.45) is 5.92 Å². The van der Waals surface area contributed by atoms with Crippen LogP contribution in [0.4, 0.5) is 0 Å². The van der Waals surface area contributed by atoms with Gasteiger partial charge in [-0.25, -0.2) is 0 Å². The van der Waals surface area contributed by atoms with Crippen molar-refractivity contribution in [3.8, 4) is 0 Å². The first kappa shape index (κ1) is 7.75. The van der Waals surface area contributed by atoms with Gasteiger partial charge < -0.3 is 0 Å². The predicted octanol–water partition coefficient (Wildman–Crippen LogP) is 3.47. The summed E-state index contributed by atoms with van der Waals surface area (Å²) in [6.45, 7) is 4.50. The Kier molecular flexibility index (Phi) is 2.89. The van der Waals surface area contributed by atoms with E-state index in [2.05, 4.69) is 37.6 Å². The van der Waals surface area contributed by atoms with Crippen LogP contribution < -0.4 is 0 Å². The lowest BCUT2D eigenvalue weighted by molar-refractivity contribution is 0.647. The number of hydrogen-bond acceptors (Lipinski definition) is 0. The Hall–Kier alpha value is -0.350. The Morgan fingerprint density at radius 2 is 1.90 bits per heavy atom. The van der Waals surface area contributed by atoms with E-state index in [9.17, 15) is 0 Å². The summed E-state index contributed by atoms with van der Waals surface area (Å²) in [4.78, 5) is 0. The van der Waals surface area contributed by atoms with Crippen LogP contribution in [0.2, 0.25) is 0 Å². The van der Waals surface area contributed by atoms with Crippen molar-refractivity contribution in [3.05, 3.63) is 29.3 Å². The molecule has 0 atom stereocenters. The van der Waals surface area contributed by atoms with Crippen LogP contribution >= 0.6 is 8.19 Å². The maximum atomic E-state index is 2.25. The maximum Gasteiger partial charge on any atom is -0.0255 e. The molecule has 0 N–H and O–H groups in total.